The van der Waals surface area contributed by atoms with Crippen LogP contribution in [0.3, 0.4) is 0 Å². The molecule has 1 rings (SSSR count). The molecule has 2 unspecified atom stereocenters. The summed E-state index contributed by atoms with van der Waals surface area (Å²) in [5.41, 5.74) is 0. The molecule has 0 bridgehead atoms. The standard InChI is InChI=1S/C14H22O2P.Li/c1-5-10(3)15-12-7-8-14(17)13(9-12)16-11(4)6-2;/h7-11,17H,5-6H2,1-4H3;/q-1;+1. The molecule has 2 atom stereocenters. The molecule has 18 heavy (non-hydrogen) atoms. The largest absolute Gasteiger partial charge is 1.00 e. The van der Waals surface area contributed by atoms with Crippen molar-refractivity contribution < 1.29 is 28.3 Å². The van der Waals surface area contributed by atoms with Crippen molar-refractivity contribution in [3.05, 3.63) is 18.2 Å². The van der Waals surface area contributed by atoms with E-state index >= 15 is 0 Å². The molecule has 0 heterocycles. The number of benzene rings is 1. The van der Waals surface area contributed by atoms with Crippen LogP contribution in [-0.4, -0.2) is 12.2 Å². The molecule has 0 N–H and O–H groups in total. The van der Waals surface area contributed by atoms with Crippen molar-refractivity contribution in [1.29, 1.82) is 0 Å². The topological polar surface area (TPSA) is 18.5 Å². The minimum Gasteiger partial charge on any atom is -0.521 e. The van der Waals surface area contributed by atoms with Gasteiger partial charge in [-0.1, -0.05) is 19.9 Å². The van der Waals surface area contributed by atoms with E-state index in [2.05, 4.69) is 36.9 Å². The SMILES string of the molecule is CCC(C)Oc1ccc([PH-])c(OC(C)CC)c1.[Li+]. The fourth-order valence-electron chi connectivity index (χ4n) is 1.29. The Morgan fingerprint density at radius 1 is 1.06 bits per heavy atom. The molecule has 96 valence electrons. The van der Waals surface area contributed by atoms with Gasteiger partial charge >= 0.3 is 18.9 Å². The van der Waals surface area contributed by atoms with Crippen LogP contribution in [0.5, 0.6) is 11.5 Å². The van der Waals surface area contributed by atoms with E-state index in [0.29, 0.717) is 0 Å². The third kappa shape index (κ3) is 5.66. The summed E-state index contributed by atoms with van der Waals surface area (Å²) in [6.07, 6.45) is 2.43. The molecule has 4 heteroatoms. The maximum Gasteiger partial charge on any atom is 1.00 e. The van der Waals surface area contributed by atoms with Crippen LogP contribution in [0.4, 0.5) is 0 Å². The predicted molar refractivity (Wildman–Crippen MR) is 75.2 cm³/mol. The number of hydrogen-bond donors (Lipinski definition) is 0. The van der Waals surface area contributed by atoms with Gasteiger partial charge in [-0.2, -0.15) is 5.30 Å². The Balaban J connectivity index is 0.00000289. The van der Waals surface area contributed by atoms with Crippen LogP contribution in [-0.2, 0) is 0 Å². The molecule has 0 saturated heterocycles. The zero-order valence-electron chi connectivity index (χ0n) is 12.1. The van der Waals surface area contributed by atoms with E-state index in [-0.39, 0.29) is 31.1 Å². The number of ether oxygens (including phenoxy) is 2. The first-order chi connectivity index (χ1) is 8.06. The Kier molecular flexibility index (Phi) is 8.79. The summed E-state index contributed by atoms with van der Waals surface area (Å²) in [7, 11) is 3.54. The second kappa shape index (κ2) is 8.86. The summed E-state index contributed by atoms with van der Waals surface area (Å²) in [5.74, 6) is 1.71. The Hall–Kier alpha value is -0.153. The molecule has 0 aliphatic heterocycles. The molecule has 0 fully saturated rings. The first kappa shape index (κ1) is 17.8. The van der Waals surface area contributed by atoms with E-state index in [0.717, 1.165) is 29.6 Å². The normalized spacial score (nSPS) is 13.4. The maximum atomic E-state index is 5.82. The summed E-state index contributed by atoms with van der Waals surface area (Å²) in [5, 5.41) is 0.960. The molecule has 0 aromatic heterocycles. The van der Waals surface area contributed by atoms with Crippen molar-refractivity contribution >= 4 is 14.5 Å². The van der Waals surface area contributed by atoms with E-state index in [4.69, 9.17) is 9.47 Å². The van der Waals surface area contributed by atoms with Gasteiger partial charge in [0.2, 0.25) is 0 Å². The second-order valence-electron chi connectivity index (χ2n) is 4.33. The zero-order valence-corrected chi connectivity index (χ0v) is 13.1. The quantitative estimate of drug-likeness (QED) is 0.557. The monoisotopic (exact) mass is 260 g/mol. The summed E-state index contributed by atoms with van der Waals surface area (Å²) in [6, 6.07) is 5.87. The Morgan fingerprint density at radius 2 is 1.61 bits per heavy atom. The molecule has 0 radical (unpaired) electrons. The van der Waals surface area contributed by atoms with Crippen molar-refractivity contribution in [2.75, 3.05) is 0 Å². The van der Waals surface area contributed by atoms with Crippen molar-refractivity contribution in [2.24, 2.45) is 0 Å². The summed E-state index contributed by atoms with van der Waals surface area (Å²) in [4.78, 5) is 0. The van der Waals surface area contributed by atoms with Crippen LogP contribution in [0.1, 0.15) is 40.5 Å². The summed E-state index contributed by atoms with van der Waals surface area (Å²) >= 11 is 0. The van der Waals surface area contributed by atoms with Gasteiger partial charge < -0.3 is 18.7 Å². The zero-order chi connectivity index (χ0) is 12.8. The molecule has 2 nitrogen and oxygen atoms in total. The van der Waals surface area contributed by atoms with Crippen molar-refractivity contribution in [3.8, 4) is 11.5 Å². The van der Waals surface area contributed by atoms with E-state index < -0.39 is 0 Å². The Bertz CT molecular complexity index is 358. The molecule has 1 aromatic rings. The molecule has 0 aliphatic rings. The third-order valence-electron chi connectivity index (χ3n) is 2.77. The first-order valence-electron chi connectivity index (χ1n) is 6.25. The maximum absolute atomic E-state index is 5.82. The molecule has 0 amide bonds. The summed E-state index contributed by atoms with van der Waals surface area (Å²) in [6.45, 7) is 8.35. The van der Waals surface area contributed by atoms with E-state index in [1.807, 2.05) is 18.2 Å². The van der Waals surface area contributed by atoms with Crippen molar-refractivity contribution in [3.63, 3.8) is 0 Å². The van der Waals surface area contributed by atoms with Crippen LogP contribution in [0.15, 0.2) is 18.2 Å². The van der Waals surface area contributed by atoms with Gasteiger partial charge in [-0.05, 0) is 32.8 Å². The van der Waals surface area contributed by atoms with Gasteiger partial charge in [-0.3, -0.25) is 0 Å². The van der Waals surface area contributed by atoms with Crippen LogP contribution >= 0.6 is 9.24 Å². The van der Waals surface area contributed by atoms with E-state index in [1.54, 1.807) is 0 Å². The molecular weight excluding hydrogens is 238 g/mol. The summed E-state index contributed by atoms with van der Waals surface area (Å²) < 4.78 is 11.6. The van der Waals surface area contributed by atoms with Gasteiger partial charge in [-0.15, -0.1) is 0 Å². The Labute approximate surface area is 125 Å². The fourth-order valence-corrected chi connectivity index (χ4v) is 1.50. The van der Waals surface area contributed by atoms with Gasteiger partial charge in [-0.25, -0.2) is 0 Å². The fraction of sp³-hybridized carbons (Fsp3) is 0.571. The first-order valence-corrected chi connectivity index (χ1v) is 6.75. The Morgan fingerprint density at radius 3 is 2.17 bits per heavy atom. The van der Waals surface area contributed by atoms with Gasteiger partial charge in [0.25, 0.3) is 0 Å². The molecule has 1 aromatic carbocycles. The minimum absolute atomic E-state index is 0. The van der Waals surface area contributed by atoms with Gasteiger partial charge in [0, 0.05) is 6.07 Å². The predicted octanol–water partition coefficient (Wildman–Crippen LogP) is 0.813. The van der Waals surface area contributed by atoms with Crippen molar-refractivity contribution in [2.45, 2.75) is 52.7 Å². The van der Waals surface area contributed by atoms with Gasteiger partial charge in [0.05, 0.1) is 18.0 Å². The molecule has 0 aliphatic carbocycles. The van der Waals surface area contributed by atoms with Crippen LogP contribution in [0, 0.1) is 0 Å². The average Bonchev–Trinajstić information content (AvgIpc) is 2.33. The van der Waals surface area contributed by atoms with Crippen LogP contribution in [0.25, 0.3) is 0 Å². The van der Waals surface area contributed by atoms with Crippen molar-refractivity contribution in [1.82, 2.24) is 0 Å². The second-order valence-corrected chi connectivity index (χ2v) is 4.87. The molecule has 0 saturated carbocycles. The van der Waals surface area contributed by atoms with Gasteiger partial charge in [0.15, 0.2) is 0 Å². The molecular formula is C14H22LiO2P. The number of rotatable bonds is 6. The van der Waals surface area contributed by atoms with E-state index in [9.17, 15) is 0 Å². The minimum atomic E-state index is 0. The smallest absolute Gasteiger partial charge is 0.521 e. The third-order valence-corrected chi connectivity index (χ3v) is 3.18. The molecule has 0 spiro atoms. The van der Waals surface area contributed by atoms with Gasteiger partial charge in [0.1, 0.15) is 5.75 Å². The van der Waals surface area contributed by atoms with E-state index in [1.165, 1.54) is 0 Å². The van der Waals surface area contributed by atoms with Crippen LogP contribution in [0.2, 0.25) is 0 Å². The van der Waals surface area contributed by atoms with Crippen LogP contribution < -0.4 is 33.6 Å². The average molecular weight is 260 g/mol. The number of hydrogen-bond acceptors (Lipinski definition) is 2.